The molecule has 78 valence electrons. The van der Waals surface area contributed by atoms with E-state index in [-0.39, 0.29) is 0 Å². The highest BCUT2D eigenvalue weighted by atomic mass is 35.5. The van der Waals surface area contributed by atoms with Crippen molar-refractivity contribution in [2.75, 3.05) is 5.32 Å². The topological polar surface area (TPSA) is 37.8 Å². The van der Waals surface area contributed by atoms with Gasteiger partial charge in [-0.2, -0.15) is 0 Å². The number of hydrogen-bond acceptors (Lipinski definition) is 4. The van der Waals surface area contributed by atoms with Crippen LogP contribution in [0, 0.1) is 6.92 Å². The Balaban J connectivity index is 2.16. The molecular formula is C10H10ClN3S. The number of thiazole rings is 1. The van der Waals surface area contributed by atoms with Crippen LogP contribution in [0.2, 0.25) is 0 Å². The molecule has 0 aromatic carbocycles. The van der Waals surface area contributed by atoms with Gasteiger partial charge in [-0.05, 0) is 24.6 Å². The molecule has 0 atom stereocenters. The summed E-state index contributed by atoms with van der Waals surface area (Å²) in [6.07, 6.45) is 3.57. The molecular weight excluding hydrogens is 230 g/mol. The zero-order chi connectivity index (χ0) is 10.7. The van der Waals surface area contributed by atoms with Crippen LogP contribution in [0.25, 0.3) is 0 Å². The summed E-state index contributed by atoms with van der Waals surface area (Å²) >= 11 is 7.34. The lowest BCUT2D eigenvalue weighted by molar-refractivity contribution is 1.25. The van der Waals surface area contributed by atoms with E-state index in [2.05, 4.69) is 15.3 Å². The molecule has 2 heterocycles. The summed E-state index contributed by atoms with van der Waals surface area (Å²) in [5.74, 6) is 1.27. The number of pyridine rings is 1. The second kappa shape index (κ2) is 4.59. The van der Waals surface area contributed by atoms with Crippen LogP contribution in [0.5, 0.6) is 0 Å². The zero-order valence-corrected chi connectivity index (χ0v) is 9.77. The van der Waals surface area contributed by atoms with Gasteiger partial charge in [-0.25, -0.2) is 9.97 Å². The predicted octanol–water partition coefficient (Wildman–Crippen LogP) is 3.33. The number of aromatic nitrogens is 2. The maximum absolute atomic E-state index is 5.74. The molecule has 1 N–H and O–H groups in total. The van der Waals surface area contributed by atoms with Crippen molar-refractivity contribution in [2.45, 2.75) is 12.8 Å². The van der Waals surface area contributed by atoms with Crippen LogP contribution >= 0.6 is 22.9 Å². The second-order valence-electron chi connectivity index (χ2n) is 3.08. The Hall–Kier alpha value is -1.13. The largest absolute Gasteiger partial charge is 0.316 e. The first-order chi connectivity index (χ1) is 7.28. The van der Waals surface area contributed by atoms with E-state index in [1.807, 2.05) is 25.3 Å². The average Bonchev–Trinajstić information content (AvgIpc) is 2.64. The Morgan fingerprint density at radius 3 is 3.00 bits per heavy atom. The summed E-state index contributed by atoms with van der Waals surface area (Å²) in [5.41, 5.74) is 1.04. The minimum atomic E-state index is 0.494. The third-order valence-corrected chi connectivity index (χ3v) is 2.97. The number of hydrogen-bond donors (Lipinski definition) is 1. The lowest BCUT2D eigenvalue weighted by Crippen LogP contribution is -1.93. The van der Waals surface area contributed by atoms with Gasteiger partial charge >= 0.3 is 0 Å². The van der Waals surface area contributed by atoms with Gasteiger partial charge in [0.25, 0.3) is 0 Å². The first-order valence-electron chi connectivity index (χ1n) is 4.48. The van der Waals surface area contributed by atoms with E-state index in [9.17, 15) is 0 Å². The van der Waals surface area contributed by atoms with E-state index in [0.717, 1.165) is 16.5 Å². The molecule has 0 saturated heterocycles. The van der Waals surface area contributed by atoms with Crippen LogP contribution in [-0.4, -0.2) is 9.97 Å². The van der Waals surface area contributed by atoms with E-state index in [0.29, 0.717) is 5.88 Å². The fourth-order valence-electron chi connectivity index (χ4n) is 1.15. The summed E-state index contributed by atoms with van der Waals surface area (Å²) in [6, 6.07) is 3.81. The second-order valence-corrected chi connectivity index (χ2v) is 4.59. The molecule has 2 aromatic rings. The van der Waals surface area contributed by atoms with Crippen molar-refractivity contribution in [2.24, 2.45) is 0 Å². The maximum atomic E-state index is 5.74. The summed E-state index contributed by atoms with van der Waals surface area (Å²) < 4.78 is 0. The van der Waals surface area contributed by atoms with Crippen molar-refractivity contribution in [1.82, 2.24) is 9.97 Å². The average molecular weight is 240 g/mol. The van der Waals surface area contributed by atoms with Crippen LogP contribution < -0.4 is 5.32 Å². The van der Waals surface area contributed by atoms with Gasteiger partial charge < -0.3 is 5.32 Å². The molecule has 0 bridgehead atoms. The third kappa shape index (κ3) is 2.67. The van der Waals surface area contributed by atoms with Crippen molar-refractivity contribution in [1.29, 1.82) is 0 Å². The highest BCUT2D eigenvalue weighted by Gasteiger charge is 2.00. The number of nitrogens with zero attached hydrogens (tertiary/aromatic N) is 2. The van der Waals surface area contributed by atoms with Gasteiger partial charge in [0, 0.05) is 23.2 Å². The van der Waals surface area contributed by atoms with Gasteiger partial charge in [-0.3, -0.25) is 0 Å². The van der Waals surface area contributed by atoms with Gasteiger partial charge in [0.15, 0.2) is 5.13 Å². The van der Waals surface area contributed by atoms with Crippen LogP contribution in [-0.2, 0) is 5.88 Å². The SMILES string of the molecule is Cc1cnc(Nc2cc(CCl)ccn2)s1. The molecule has 0 amide bonds. The molecule has 0 fully saturated rings. The monoisotopic (exact) mass is 239 g/mol. The van der Waals surface area contributed by atoms with Gasteiger partial charge in [-0.15, -0.1) is 22.9 Å². The molecule has 15 heavy (non-hydrogen) atoms. The Morgan fingerprint density at radius 1 is 1.47 bits per heavy atom. The fourth-order valence-corrected chi connectivity index (χ4v) is 1.99. The van der Waals surface area contributed by atoms with Gasteiger partial charge in [-0.1, -0.05) is 0 Å². The van der Waals surface area contributed by atoms with E-state index in [4.69, 9.17) is 11.6 Å². The molecule has 2 aromatic heterocycles. The minimum absolute atomic E-state index is 0.494. The summed E-state index contributed by atoms with van der Waals surface area (Å²) in [4.78, 5) is 9.56. The molecule has 3 nitrogen and oxygen atoms in total. The minimum Gasteiger partial charge on any atom is -0.316 e. The lowest BCUT2D eigenvalue weighted by Gasteiger charge is -2.02. The number of anilines is 2. The van der Waals surface area contributed by atoms with Gasteiger partial charge in [0.05, 0.1) is 0 Å². The summed E-state index contributed by atoms with van der Waals surface area (Å²) in [5, 5.41) is 3.99. The van der Waals surface area contributed by atoms with Crippen LogP contribution in [0.1, 0.15) is 10.4 Å². The fraction of sp³-hybridized carbons (Fsp3) is 0.200. The standard InChI is InChI=1S/C10H10ClN3S/c1-7-6-13-10(15-7)14-9-4-8(5-11)2-3-12-9/h2-4,6H,5H2,1H3,(H,12,13,14). The van der Waals surface area contributed by atoms with Crippen LogP contribution in [0.3, 0.4) is 0 Å². The number of nitrogens with one attached hydrogen (secondary N) is 1. The Morgan fingerprint density at radius 2 is 2.33 bits per heavy atom. The van der Waals surface area contributed by atoms with Crippen molar-refractivity contribution in [3.8, 4) is 0 Å². The smallest absolute Gasteiger partial charge is 0.188 e. The first kappa shape index (κ1) is 10.4. The van der Waals surface area contributed by atoms with Crippen molar-refractivity contribution < 1.29 is 0 Å². The highest BCUT2D eigenvalue weighted by molar-refractivity contribution is 7.15. The Bertz CT molecular complexity index is 455. The molecule has 0 aliphatic heterocycles. The van der Waals surface area contributed by atoms with E-state index >= 15 is 0 Å². The van der Waals surface area contributed by atoms with E-state index in [1.165, 1.54) is 4.88 Å². The summed E-state index contributed by atoms with van der Waals surface area (Å²) in [6.45, 7) is 2.02. The van der Waals surface area contributed by atoms with Crippen LogP contribution in [0.4, 0.5) is 10.9 Å². The van der Waals surface area contributed by atoms with Gasteiger partial charge in [0.2, 0.25) is 0 Å². The number of rotatable bonds is 3. The Kier molecular flexibility index (Phi) is 3.18. The molecule has 0 aliphatic carbocycles. The molecule has 0 saturated carbocycles. The molecule has 5 heteroatoms. The molecule has 0 radical (unpaired) electrons. The van der Waals surface area contributed by atoms with Crippen molar-refractivity contribution in [3.63, 3.8) is 0 Å². The van der Waals surface area contributed by atoms with E-state index in [1.54, 1.807) is 17.5 Å². The number of aryl methyl sites for hydroxylation is 1. The number of alkyl halides is 1. The molecule has 0 unspecified atom stereocenters. The summed E-state index contributed by atoms with van der Waals surface area (Å²) in [7, 11) is 0. The van der Waals surface area contributed by atoms with Crippen molar-refractivity contribution >= 4 is 33.9 Å². The highest BCUT2D eigenvalue weighted by Crippen LogP contribution is 2.21. The first-order valence-corrected chi connectivity index (χ1v) is 5.83. The molecule has 0 spiro atoms. The maximum Gasteiger partial charge on any atom is 0.188 e. The van der Waals surface area contributed by atoms with Crippen molar-refractivity contribution in [3.05, 3.63) is 35.0 Å². The Labute approximate surface area is 97.2 Å². The predicted molar refractivity (Wildman–Crippen MR) is 63.9 cm³/mol. The normalized spacial score (nSPS) is 10.3. The molecule has 0 aliphatic rings. The number of halogens is 1. The van der Waals surface area contributed by atoms with E-state index < -0.39 is 0 Å². The zero-order valence-electron chi connectivity index (χ0n) is 8.20. The third-order valence-electron chi connectivity index (χ3n) is 1.83. The van der Waals surface area contributed by atoms with Crippen LogP contribution in [0.15, 0.2) is 24.5 Å². The van der Waals surface area contributed by atoms with Gasteiger partial charge in [0.1, 0.15) is 5.82 Å². The molecule has 2 rings (SSSR count). The quantitative estimate of drug-likeness (QED) is 0.835. The lowest BCUT2D eigenvalue weighted by atomic mass is 10.3.